The van der Waals surface area contributed by atoms with E-state index in [0.29, 0.717) is 6.42 Å². The van der Waals surface area contributed by atoms with Crippen LogP contribution in [0.1, 0.15) is 5.56 Å². The first-order valence-electron chi connectivity index (χ1n) is 6.73. The van der Waals surface area contributed by atoms with Gasteiger partial charge in [-0.1, -0.05) is 30.4 Å². The van der Waals surface area contributed by atoms with Crippen LogP contribution in [0, 0.1) is 0 Å². The van der Waals surface area contributed by atoms with Gasteiger partial charge < -0.3 is 26.2 Å². The van der Waals surface area contributed by atoms with E-state index < -0.39 is 12.1 Å². The van der Waals surface area contributed by atoms with Crippen molar-refractivity contribution < 1.29 is 9.84 Å². The predicted octanol–water partition coefficient (Wildman–Crippen LogP) is 0.0400. The minimum atomic E-state index is -0.956. The molecule has 2 atom stereocenters. The Morgan fingerprint density at radius 1 is 1.35 bits per heavy atom. The smallest absolute Gasteiger partial charge is 0.119 e. The maximum atomic E-state index is 9.83. The minimum Gasteiger partial charge on any atom is -0.391 e. The molecule has 20 heavy (non-hydrogen) atoms. The molecular formula is C14H21N3O2S. The number of aliphatic hydroxyl groups excluding tert-OH is 1. The summed E-state index contributed by atoms with van der Waals surface area (Å²) in [6, 6.07) is 7.58. The number of thiocarbonyl (C=S) groups is 1. The fraction of sp³-hybridized carbons (Fsp3) is 0.500. The molecule has 0 radical (unpaired) electrons. The van der Waals surface area contributed by atoms with Crippen molar-refractivity contribution in [2.45, 2.75) is 18.6 Å². The van der Waals surface area contributed by atoms with E-state index in [0.717, 1.165) is 37.6 Å². The van der Waals surface area contributed by atoms with Crippen LogP contribution in [0.15, 0.2) is 24.3 Å². The zero-order valence-corrected chi connectivity index (χ0v) is 12.2. The first-order chi connectivity index (χ1) is 9.59. The van der Waals surface area contributed by atoms with E-state index in [2.05, 4.69) is 11.0 Å². The number of benzene rings is 1. The molecule has 2 rings (SSSR count). The normalized spacial score (nSPS) is 18.6. The van der Waals surface area contributed by atoms with Crippen LogP contribution in [-0.2, 0) is 11.2 Å². The largest absolute Gasteiger partial charge is 0.391 e. The van der Waals surface area contributed by atoms with Crippen LogP contribution in [0.2, 0.25) is 0 Å². The van der Waals surface area contributed by atoms with Crippen molar-refractivity contribution in [3.05, 3.63) is 29.8 Å². The highest BCUT2D eigenvalue weighted by Gasteiger charge is 2.21. The van der Waals surface area contributed by atoms with Crippen molar-refractivity contribution in [3.8, 4) is 0 Å². The standard InChI is InChI=1S/C14H21N3O2S/c15-11(13(18)14(16)20)9-10-3-1-2-4-12(10)17-5-7-19-8-6-17/h1-4,11,13,18H,5-9,15H2,(H2,16,20)/t11-,13?/m0/s1. The summed E-state index contributed by atoms with van der Waals surface area (Å²) >= 11 is 4.79. The molecule has 0 aromatic heterocycles. The van der Waals surface area contributed by atoms with Crippen LogP contribution in [0.25, 0.3) is 0 Å². The molecule has 0 spiro atoms. The summed E-state index contributed by atoms with van der Waals surface area (Å²) in [4.78, 5) is 2.32. The number of rotatable bonds is 5. The number of hydrogen-bond donors (Lipinski definition) is 3. The van der Waals surface area contributed by atoms with Gasteiger partial charge in [-0.05, 0) is 18.1 Å². The summed E-state index contributed by atoms with van der Waals surface area (Å²) in [5.74, 6) is 0. The van der Waals surface area contributed by atoms with Gasteiger partial charge in [0.05, 0.1) is 13.2 Å². The molecule has 0 aliphatic carbocycles. The Kier molecular flexibility index (Phi) is 5.31. The Bertz CT molecular complexity index is 463. The van der Waals surface area contributed by atoms with Gasteiger partial charge in [0.1, 0.15) is 11.1 Å². The summed E-state index contributed by atoms with van der Waals surface area (Å²) in [7, 11) is 0. The molecule has 1 saturated heterocycles. The van der Waals surface area contributed by atoms with Gasteiger partial charge in [0.25, 0.3) is 0 Å². The van der Waals surface area contributed by atoms with Gasteiger partial charge in [-0.15, -0.1) is 0 Å². The molecule has 5 nitrogen and oxygen atoms in total. The van der Waals surface area contributed by atoms with Crippen molar-refractivity contribution in [2.24, 2.45) is 11.5 Å². The second-order valence-corrected chi connectivity index (χ2v) is 5.41. The number of nitrogens with two attached hydrogens (primary N) is 2. The number of ether oxygens (including phenoxy) is 1. The topological polar surface area (TPSA) is 84.7 Å². The van der Waals surface area contributed by atoms with Crippen molar-refractivity contribution in [2.75, 3.05) is 31.2 Å². The van der Waals surface area contributed by atoms with E-state index >= 15 is 0 Å². The molecule has 5 N–H and O–H groups in total. The van der Waals surface area contributed by atoms with Gasteiger partial charge >= 0.3 is 0 Å². The fourth-order valence-electron chi connectivity index (χ4n) is 2.37. The quantitative estimate of drug-likeness (QED) is 0.665. The highest BCUT2D eigenvalue weighted by Crippen LogP contribution is 2.23. The van der Waals surface area contributed by atoms with E-state index in [9.17, 15) is 5.11 Å². The number of aliphatic hydroxyl groups is 1. The van der Waals surface area contributed by atoms with Crippen molar-refractivity contribution in [1.82, 2.24) is 0 Å². The van der Waals surface area contributed by atoms with Crippen molar-refractivity contribution in [1.29, 1.82) is 0 Å². The third-order valence-corrected chi connectivity index (χ3v) is 3.74. The zero-order chi connectivity index (χ0) is 14.5. The molecule has 1 aliphatic heterocycles. The van der Waals surface area contributed by atoms with Crippen LogP contribution in [0.3, 0.4) is 0 Å². The lowest BCUT2D eigenvalue weighted by Gasteiger charge is -2.31. The molecule has 1 aromatic carbocycles. The van der Waals surface area contributed by atoms with E-state index in [-0.39, 0.29) is 4.99 Å². The molecule has 6 heteroatoms. The number of morpholine rings is 1. The van der Waals surface area contributed by atoms with Gasteiger partial charge in [-0.3, -0.25) is 0 Å². The lowest BCUT2D eigenvalue weighted by molar-refractivity contribution is 0.122. The second kappa shape index (κ2) is 6.99. The van der Waals surface area contributed by atoms with Gasteiger partial charge in [-0.2, -0.15) is 0 Å². The van der Waals surface area contributed by atoms with Crippen LogP contribution in [-0.4, -0.2) is 48.5 Å². The Labute approximate surface area is 124 Å². The SMILES string of the molecule is NC(=S)C(O)[C@@H](N)Cc1ccccc1N1CCOCC1. The molecule has 1 aliphatic rings. The molecule has 1 unspecified atom stereocenters. The first-order valence-corrected chi connectivity index (χ1v) is 7.14. The molecule has 1 fully saturated rings. The first kappa shape index (κ1) is 15.2. The lowest BCUT2D eigenvalue weighted by atomic mass is 10.00. The zero-order valence-electron chi connectivity index (χ0n) is 11.4. The number of hydrogen-bond acceptors (Lipinski definition) is 5. The van der Waals surface area contributed by atoms with E-state index in [1.54, 1.807) is 0 Å². The van der Waals surface area contributed by atoms with Crippen LogP contribution in [0.4, 0.5) is 5.69 Å². The fourth-order valence-corrected chi connectivity index (χ4v) is 2.55. The third-order valence-electron chi connectivity index (χ3n) is 3.50. The van der Waals surface area contributed by atoms with Gasteiger partial charge in [0.15, 0.2) is 0 Å². The summed E-state index contributed by atoms with van der Waals surface area (Å²) in [6.07, 6.45) is -0.422. The lowest BCUT2D eigenvalue weighted by Crippen LogP contribution is -2.45. The summed E-state index contributed by atoms with van der Waals surface area (Å²) < 4.78 is 5.37. The summed E-state index contributed by atoms with van der Waals surface area (Å²) in [5, 5.41) is 9.83. The maximum absolute atomic E-state index is 9.83. The predicted molar refractivity (Wildman–Crippen MR) is 83.9 cm³/mol. The number of anilines is 1. The number of para-hydroxylation sites is 1. The molecule has 0 bridgehead atoms. The Balaban J connectivity index is 2.13. The third kappa shape index (κ3) is 3.67. The maximum Gasteiger partial charge on any atom is 0.119 e. The van der Waals surface area contributed by atoms with E-state index in [1.165, 1.54) is 0 Å². The molecular weight excluding hydrogens is 274 g/mol. The highest BCUT2D eigenvalue weighted by molar-refractivity contribution is 7.80. The van der Waals surface area contributed by atoms with Gasteiger partial charge in [0.2, 0.25) is 0 Å². The molecule has 1 aromatic rings. The highest BCUT2D eigenvalue weighted by atomic mass is 32.1. The second-order valence-electron chi connectivity index (χ2n) is 4.94. The van der Waals surface area contributed by atoms with Gasteiger partial charge in [-0.25, -0.2) is 0 Å². The van der Waals surface area contributed by atoms with Crippen LogP contribution >= 0.6 is 12.2 Å². The molecule has 0 saturated carbocycles. The Hall–Kier alpha value is -1.21. The minimum absolute atomic E-state index is 0.0429. The Morgan fingerprint density at radius 3 is 2.65 bits per heavy atom. The van der Waals surface area contributed by atoms with Crippen molar-refractivity contribution in [3.63, 3.8) is 0 Å². The van der Waals surface area contributed by atoms with Gasteiger partial charge in [0, 0.05) is 24.8 Å². The Morgan fingerprint density at radius 2 is 2.00 bits per heavy atom. The number of nitrogens with zero attached hydrogens (tertiary/aromatic N) is 1. The molecule has 110 valence electrons. The van der Waals surface area contributed by atoms with E-state index in [4.69, 9.17) is 28.4 Å². The van der Waals surface area contributed by atoms with Crippen LogP contribution < -0.4 is 16.4 Å². The van der Waals surface area contributed by atoms with Crippen molar-refractivity contribution >= 4 is 22.9 Å². The summed E-state index contributed by atoms with van der Waals surface area (Å²) in [5.41, 5.74) is 13.7. The average molecular weight is 295 g/mol. The molecule has 0 amide bonds. The van der Waals surface area contributed by atoms with E-state index in [1.807, 2.05) is 18.2 Å². The monoisotopic (exact) mass is 295 g/mol. The van der Waals surface area contributed by atoms with Crippen LogP contribution in [0.5, 0.6) is 0 Å². The summed E-state index contributed by atoms with van der Waals surface area (Å²) in [6.45, 7) is 3.19. The average Bonchev–Trinajstić information content (AvgIpc) is 2.47. The molecule has 1 heterocycles.